The Morgan fingerprint density at radius 3 is 2.69 bits per heavy atom. The van der Waals surface area contributed by atoms with Crippen LogP contribution in [0.2, 0.25) is 5.02 Å². The molecular weight excluding hydrogens is 546 g/mol. The average Bonchev–Trinajstić information content (AvgIpc) is 3.43. The highest BCUT2D eigenvalue weighted by atomic mass is 35.5. The van der Waals surface area contributed by atoms with Crippen molar-refractivity contribution in [1.29, 1.82) is 5.26 Å². The molecular formula is C35H36ClN3O3. The summed E-state index contributed by atoms with van der Waals surface area (Å²) in [7, 11) is 0. The van der Waals surface area contributed by atoms with Crippen LogP contribution in [0.4, 0.5) is 0 Å². The van der Waals surface area contributed by atoms with Gasteiger partial charge < -0.3 is 19.9 Å². The highest BCUT2D eigenvalue weighted by Gasteiger charge is 2.28. The molecule has 4 aromatic rings. The molecule has 0 amide bonds. The van der Waals surface area contributed by atoms with Gasteiger partial charge in [-0.3, -0.25) is 4.98 Å². The van der Waals surface area contributed by atoms with E-state index in [-0.39, 0.29) is 25.4 Å². The van der Waals surface area contributed by atoms with E-state index < -0.39 is 0 Å². The van der Waals surface area contributed by atoms with Crippen molar-refractivity contribution in [3.8, 4) is 28.7 Å². The molecule has 216 valence electrons. The number of hydrogen-bond acceptors (Lipinski definition) is 6. The Balaban J connectivity index is 1.42. The van der Waals surface area contributed by atoms with Gasteiger partial charge in [-0.15, -0.1) is 0 Å². The molecule has 7 heteroatoms. The summed E-state index contributed by atoms with van der Waals surface area (Å²) in [5.74, 6) is 1.64. The maximum Gasteiger partial charge on any atom is 0.142 e. The summed E-state index contributed by atoms with van der Waals surface area (Å²) >= 11 is 6.78. The monoisotopic (exact) mass is 581 g/mol. The van der Waals surface area contributed by atoms with Crippen LogP contribution in [-0.4, -0.2) is 22.7 Å². The van der Waals surface area contributed by atoms with Crippen molar-refractivity contribution < 1.29 is 14.6 Å². The smallest absolute Gasteiger partial charge is 0.142 e. The Hall–Kier alpha value is -3.89. The molecule has 2 atom stereocenters. The largest absolute Gasteiger partial charge is 0.488 e. The van der Waals surface area contributed by atoms with Gasteiger partial charge in [-0.25, -0.2) is 0 Å². The van der Waals surface area contributed by atoms with Crippen molar-refractivity contribution in [3.05, 3.63) is 111 Å². The van der Waals surface area contributed by atoms with Crippen LogP contribution in [0, 0.1) is 11.3 Å². The zero-order valence-corrected chi connectivity index (χ0v) is 25.0. The lowest BCUT2D eigenvalue weighted by Gasteiger charge is -2.20. The molecule has 3 aromatic carbocycles. The molecule has 1 aromatic heterocycles. The summed E-state index contributed by atoms with van der Waals surface area (Å²) in [5.41, 5.74) is 8.42. The Bertz CT molecular complexity index is 1600. The molecule has 0 spiro atoms. The fourth-order valence-electron chi connectivity index (χ4n) is 5.30. The number of rotatable bonds is 11. The summed E-state index contributed by atoms with van der Waals surface area (Å²) in [5, 5.41) is 22.5. The van der Waals surface area contributed by atoms with Gasteiger partial charge in [0.1, 0.15) is 30.3 Å². The second-order valence-electron chi connectivity index (χ2n) is 11.1. The number of benzene rings is 3. The van der Waals surface area contributed by atoms with E-state index in [4.69, 9.17) is 21.1 Å². The molecule has 1 heterocycles. The molecule has 0 fully saturated rings. The molecule has 0 unspecified atom stereocenters. The molecule has 6 nitrogen and oxygen atoms in total. The minimum Gasteiger partial charge on any atom is -0.488 e. The predicted octanol–water partition coefficient (Wildman–Crippen LogP) is 7.51. The van der Waals surface area contributed by atoms with E-state index in [1.165, 1.54) is 34.0 Å². The molecule has 1 aliphatic carbocycles. The summed E-state index contributed by atoms with van der Waals surface area (Å²) < 4.78 is 12.8. The van der Waals surface area contributed by atoms with Crippen LogP contribution in [0.25, 0.3) is 11.1 Å². The van der Waals surface area contributed by atoms with Crippen LogP contribution in [0.15, 0.2) is 73.1 Å². The van der Waals surface area contributed by atoms with Gasteiger partial charge in [0.15, 0.2) is 0 Å². The number of nitrogens with zero attached hydrogens (tertiary/aromatic N) is 2. The fourth-order valence-corrected chi connectivity index (χ4v) is 5.53. The molecule has 0 radical (unpaired) electrons. The Labute approximate surface area is 252 Å². The van der Waals surface area contributed by atoms with Crippen molar-refractivity contribution >= 4 is 11.6 Å². The number of aliphatic hydroxyl groups is 1. The number of aromatic nitrogens is 1. The standard InChI is InChI=1S/C35H36ClN3O3/c1-22(2)26-6-4-7-27(13-26)29-8-5-9-31-30(29)10-11-33(31)42-35-15-34(28(14-32(35)36)19-39-23(3)20-40)41-21-25-12-24(16-37)17-38-18-25/h4-9,12-15,17-18,22-23,33,39-40H,10-11,19-21H2,1-3H3/t23-,33+/m1/s1. The molecule has 0 bridgehead atoms. The first kappa shape index (κ1) is 29.6. The Morgan fingerprint density at radius 1 is 1.07 bits per heavy atom. The topological polar surface area (TPSA) is 87.4 Å². The highest BCUT2D eigenvalue weighted by Crippen LogP contribution is 2.43. The van der Waals surface area contributed by atoms with Crippen molar-refractivity contribution in [2.45, 2.75) is 64.8 Å². The van der Waals surface area contributed by atoms with Crippen molar-refractivity contribution in [2.24, 2.45) is 0 Å². The molecule has 0 aliphatic heterocycles. The first-order chi connectivity index (χ1) is 20.4. The summed E-state index contributed by atoms with van der Waals surface area (Å²) in [6.45, 7) is 7.05. The number of fused-ring (bicyclic) bond motifs is 1. The number of hydrogen-bond donors (Lipinski definition) is 2. The van der Waals surface area contributed by atoms with E-state index >= 15 is 0 Å². The van der Waals surface area contributed by atoms with Crippen LogP contribution in [0.1, 0.15) is 72.6 Å². The third kappa shape index (κ3) is 6.77. The molecule has 5 rings (SSSR count). The maximum absolute atomic E-state index is 9.48. The Kier molecular flexibility index (Phi) is 9.44. The number of nitriles is 1. The predicted molar refractivity (Wildman–Crippen MR) is 166 cm³/mol. The van der Waals surface area contributed by atoms with Gasteiger partial charge in [-0.1, -0.05) is 67.9 Å². The van der Waals surface area contributed by atoms with Gasteiger partial charge >= 0.3 is 0 Å². The van der Waals surface area contributed by atoms with Crippen LogP contribution in [0.5, 0.6) is 11.5 Å². The maximum atomic E-state index is 9.48. The lowest BCUT2D eigenvalue weighted by molar-refractivity contribution is 0.205. The van der Waals surface area contributed by atoms with Crippen molar-refractivity contribution in [3.63, 3.8) is 0 Å². The average molecular weight is 582 g/mol. The lowest BCUT2D eigenvalue weighted by Crippen LogP contribution is -2.28. The molecule has 1 aliphatic rings. The molecule has 2 N–H and O–H groups in total. The molecule has 0 saturated carbocycles. The fraction of sp³-hybridized carbons (Fsp3) is 0.314. The second kappa shape index (κ2) is 13.4. The number of pyridine rings is 1. The molecule has 0 saturated heterocycles. The quantitative estimate of drug-likeness (QED) is 0.190. The SMILES string of the molecule is CC(C)c1cccc(-c2cccc3c2CC[C@@H]3Oc2cc(OCc3cncc(C#N)c3)c(CN[C@H](C)CO)cc2Cl)c1. The third-order valence-corrected chi connectivity index (χ3v) is 7.99. The lowest BCUT2D eigenvalue weighted by atomic mass is 9.93. The first-order valence-corrected chi connectivity index (χ1v) is 14.8. The van der Waals surface area contributed by atoms with Gasteiger partial charge in [0.25, 0.3) is 0 Å². The van der Waals surface area contributed by atoms with Gasteiger partial charge in [0.05, 0.1) is 17.2 Å². The van der Waals surface area contributed by atoms with E-state index in [2.05, 4.69) is 72.7 Å². The number of aliphatic hydroxyl groups excluding tert-OH is 1. The second-order valence-corrected chi connectivity index (χ2v) is 11.5. The van der Waals surface area contributed by atoms with Crippen molar-refractivity contribution in [2.75, 3.05) is 6.61 Å². The minimum atomic E-state index is -0.131. The van der Waals surface area contributed by atoms with Crippen LogP contribution >= 0.6 is 11.6 Å². The van der Waals surface area contributed by atoms with E-state index in [1.807, 2.05) is 19.1 Å². The van der Waals surface area contributed by atoms with E-state index in [9.17, 15) is 10.4 Å². The number of halogens is 1. The van der Waals surface area contributed by atoms with Crippen LogP contribution < -0.4 is 14.8 Å². The third-order valence-electron chi connectivity index (χ3n) is 7.70. The summed E-state index contributed by atoms with van der Waals surface area (Å²) in [6, 6.07) is 22.7. The number of ether oxygens (including phenoxy) is 2. The van der Waals surface area contributed by atoms with E-state index in [0.29, 0.717) is 34.5 Å². The normalized spacial score (nSPS) is 14.8. The van der Waals surface area contributed by atoms with Gasteiger partial charge in [-0.05, 0) is 65.6 Å². The highest BCUT2D eigenvalue weighted by molar-refractivity contribution is 6.32. The van der Waals surface area contributed by atoms with Gasteiger partial charge in [-0.2, -0.15) is 5.26 Å². The first-order valence-electron chi connectivity index (χ1n) is 14.4. The van der Waals surface area contributed by atoms with Crippen LogP contribution in [0.3, 0.4) is 0 Å². The zero-order valence-electron chi connectivity index (χ0n) is 24.2. The van der Waals surface area contributed by atoms with Crippen molar-refractivity contribution in [1.82, 2.24) is 10.3 Å². The van der Waals surface area contributed by atoms with Gasteiger partial charge in [0, 0.05) is 42.2 Å². The zero-order chi connectivity index (χ0) is 29.6. The van der Waals surface area contributed by atoms with Gasteiger partial charge in [0.2, 0.25) is 0 Å². The van der Waals surface area contributed by atoms with E-state index in [1.54, 1.807) is 12.3 Å². The Morgan fingerprint density at radius 2 is 1.90 bits per heavy atom. The number of nitrogens with one attached hydrogen (secondary N) is 1. The summed E-state index contributed by atoms with van der Waals surface area (Å²) in [4.78, 5) is 4.14. The summed E-state index contributed by atoms with van der Waals surface area (Å²) in [6.07, 6.45) is 4.85. The molecule has 42 heavy (non-hydrogen) atoms. The minimum absolute atomic E-state index is 0.0164. The van der Waals surface area contributed by atoms with Crippen LogP contribution in [-0.2, 0) is 19.6 Å². The van der Waals surface area contributed by atoms with E-state index in [0.717, 1.165) is 24.0 Å².